The number of halogens is 3. The van der Waals surface area contributed by atoms with E-state index >= 15 is 0 Å². The lowest BCUT2D eigenvalue weighted by molar-refractivity contribution is -0.138. The standard InChI is InChI=1S/C12H8F3N3/c13-12(14,15)10-4-1-6-16-11(10)5-2-8-18-9-3-7-17-18/h1,3-4,6-7,9H,8H2. The average Bonchev–Trinajstić information content (AvgIpc) is 2.81. The van der Waals surface area contributed by atoms with E-state index in [1.807, 2.05) is 0 Å². The molecule has 0 aliphatic rings. The zero-order valence-corrected chi connectivity index (χ0v) is 9.15. The number of hydrogen-bond acceptors (Lipinski definition) is 2. The first kappa shape index (κ1) is 12.2. The molecule has 2 rings (SSSR count). The molecule has 0 saturated carbocycles. The zero-order valence-electron chi connectivity index (χ0n) is 9.15. The van der Waals surface area contributed by atoms with Crippen LogP contribution in [0.5, 0.6) is 0 Å². The van der Waals surface area contributed by atoms with E-state index in [1.54, 1.807) is 18.5 Å². The average molecular weight is 251 g/mol. The highest BCUT2D eigenvalue weighted by Crippen LogP contribution is 2.30. The van der Waals surface area contributed by atoms with Crippen molar-refractivity contribution in [1.82, 2.24) is 14.8 Å². The maximum atomic E-state index is 12.6. The van der Waals surface area contributed by atoms with Crippen LogP contribution in [0.3, 0.4) is 0 Å². The van der Waals surface area contributed by atoms with Crippen LogP contribution in [0, 0.1) is 11.8 Å². The van der Waals surface area contributed by atoms with Crippen molar-refractivity contribution in [2.75, 3.05) is 0 Å². The maximum Gasteiger partial charge on any atom is 0.419 e. The van der Waals surface area contributed by atoms with Gasteiger partial charge in [-0.25, -0.2) is 4.98 Å². The van der Waals surface area contributed by atoms with Gasteiger partial charge in [-0.05, 0) is 24.1 Å². The number of alkyl halides is 3. The highest BCUT2D eigenvalue weighted by Gasteiger charge is 2.33. The number of aromatic nitrogens is 3. The van der Waals surface area contributed by atoms with Crippen molar-refractivity contribution in [3.05, 3.63) is 48.0 Å². The van der Waals surface area contributed by atoms with Crippen LogP contribution in [0.25, 0.3) is 0 Å². The summed E-state index contributed by atoms with van der Waals surface area (Å²) in [6.07, 6.45) is 0.0957. The minimum absolute atomic E-state index is 0.223. The summed E-state index contributed by atoms with van der Waals surface area (Å²) in [6.45, 7) is 0.223. The smallest absolute Gasteiger partial charge is 0.261 e. The Labute approximate surface area is 101 Å². The van der Waals surface area contributed by atoms with Crippen molar-refractivity contribution in [3.8, 4) is 11.8 Å². The van der Waals surface area contributed by atoms with Gasteiger partial charge in [0.15, 0.2) is 0 Å². The molecule has 3 nitrogen and oxygen atoms in total. The molecule has 2 aromatic heterocycles. The Hall–Kier alpha value is -2.29. The van der Waals surface area contributed by atoms with E-state index in [-0.39, 0.29) is 12.2 Å². The molecule has 2 aromatic rings. The molecule has 92 valence electrons. The first-order valence-corrected chi connectivity index (χ1v) is 5.06. The fraction of sp³-hybridized carbons (Fsp3) is 0.167. The Kier molecular flexibility index (Phi) is 3.33. The predicted molar refractivity (Wildman–Crippen MR) is 58.3 cm³/mol. The van der Waals surface area contributed by atoms with Crippen molar-refractivity contribution < 1.29 is 13.2 Å². The monoisotopic (exact) mass is 251 g/mol. The molecule has 18 heavy (non-hydrogen) atoms. The molecule has 0 aliphatic carbocycles. The lowest BCUT2D eigenvalue weighted by Gasteiger charge is -2.07. The topological polar surface area (TPSA) is 30.7 Å². The van der Waals surface area contributed by atoms with E-state index < -0.39 is 11.7 Å². The molecule has 0 radical (unpaired) electrons. The third-order valence-corrected chi connectivity index (χ3v) is 2.12. The van der Waals surface area contributed by atoms with Gasteiger partial charge in [0.05, 0.1) is 5.56 Å². The van der Waals surface area contributed by atoms with Crippen LogP contribution in [0.4, 0.5) is 13.2 Å². The van der Waals surface area contributed by atoms with Gasteiger partial charge in [0.1, 0.15) is 12.2 Å². The number of rotatable bonds is 1. The van der Waals surface area contributed by atoms with Crippen molar-refractivity contribution in [1.29, 1.82) is 0 Å². The lowest BCUT2D eigenvalue weighted by atomic mass is 10.2. The van der Waals surface area contributed by atoms with E-state index in [0.29, 0.717) is 0 Å². The van der Waals surface area contributed by atoms with Crippen LogP contribution in [-0.2, 0) is 12.7 Å². The fourth-order valence-electron chi connectivity index (χ4n) is 1.33. The molecule has 2 heterocycles. The SMILES string of the molecule is FC(F)(F)c1cccnc1C#CCn1cccn1. The Bertz CT molecular complexity index is 577. The largest absolute Gasteiger partial charge is 0.419 e. The maximum absolute atomic E-state index is 12.6. The summed E-state index contributed by atoms with van der Waals surface area (Å²) >= 11 is 0. The van der Waals surface area contributed by atoms with Crippen molar-refractivity contribution in [2.45, 2.75) is 12.7 Å². The van der Waals surface area contributed by atoms with Crippen LogP contribution < -0.4 is 0 Å². The van der Waals surface area contributed by atoms with Crippen LogP contribution in [0.1, 0.15) is 11.3 Å². The van der Waals surface area contributed by atoms with Crippen LogP contribution >= 0.6 is 0 Å². The van der Waals surface area contributed by atoms with Crippen molar-refractivity contribution in [3.63, 3.8) is 0 Å². The summed E-state index contributed by atoms with van der Waals surface area (Å²) in [7, 11) is 0. The molecule has 0 N–H and O–H groups in total. The van der Waals surface area contributed by atoms with Crippen LogP contribution in [0.2, 0.25) is 0 Å². The molecule has 0 unspecified atom stereocenters. The number of nitrogens with zero attached hydrogens (tertiary/aromatic N) is 3. The van der Waals surface area contributed by atoms with Gasteiger partial charge < -0.3 is 0 Å². The normalized spacial score (nSPS) is 10.8. The molecule has 0 amide bonds. The minimum Gasteiger partial charge on any atom is -0.261 e. The van der Waals surface area contributed by atoms with E-state index in [4.69, 9.17) is 0 Å². The Balaban J connectivity index is 2.22. The third kappa shape index (κ3) is 2.88. The Morgan fingerprint density at radius 1 is 1.22 bits per heavy atom. The summed E-state index contributed by atoms with van der Waals surface area (Å²) in [4.78, 5) is 3.64. The van der Waals surface area contributed by atoms with E-state index in [0.717, 1.165) is 6.07 Å². The fourth-order valence-corrected chi connectivity index (χ4v) is 1.33. The van der Waals surface area contributed by atoms with E-state index in [9.17, 15) is 13.2 Å². The summed E-state index contributed by atoms with van der Waals surface area (Å²) in [5.41, 5.74) is -1.09. The Morgan fingerprint density at radius 3 is 2.72 bits per heavy atom. The van der Waals surface area contributed by atoms with E-state index in [2.05, 4.69) is 21.9 Å². The van der Waals surface area contributed by atoms with Crippen LogP contribution in [-0.4, -0.2) is 14.8 Å². The summed E-state index contributed by atoms with van der Waals surface area (Å²) in [5.74, 6) is 5.02. The highest BCUT2D eigenvalue weighted by molar-refractivity contribution is 5.36. The second-order valence-electron chi connectivity index (χ2n) is 3.40. The van der Waals surface area contributed by atoms with Crippen LogP contribution in [0.15, 0.2) is 36.8 Å². The molecule has 0 atom stereocenters. The first-order valence-electron chi connectivity index (χ1n) is 5.06. The molecule has 0 saturated heterocycles. The summed E-state index contributed by atoms with van der Waals surface area (Å²) in [6, 6.07) is 3.91. The molecule has 0 spiro atoms. The highest BCUT2D eigenvalue weighted by atomic mass is 19.4. The second-order valence-corrected chi connectivity index (χ2v) is 3.40. The zero-order chi connectivity index (χ0) is 13.0. The quantitative estimate of drug-likeness (QED) is 0.728. The Morgan fingerprint density at radius 2 is 2.06 bits per heavy atom. The van der Waals surface area contributed by atoms with Gasteiger partial charge in [0, 0.05) is 18.6 Å². The van der Waals surface area contributed by atoms with Crippen molar-refractivity contribution in [2.24, 2.45) is 0 Å². The second kappa shape index (κ2) is 4.92. The molecule has 0 fully saturated rings. The van der Waals surface area contributed by atoms with Gasteiger partial charge >= 0.3 is 6.18 Å². The minimum atomic E-state index is -4.44. The van der Waals surface area contributed by atoms with Gasteiger partial charge in [-0.2, -0.15) is 18.3 Å². The van der Waals surface area contributed by atoms with Gasteiger partial charge in [-0.15, -0.1) is 0 Å². The van der Waals surface area contributed by atoms with Gasteiger partial charge in [0.2, 0.25) is 0 Å². The van der Waals surface area contributed by atoms with Gasteiger partial charge in [-0.1, -0.05) is 5.92 Å². The third-order valence-electron chi connectivity index (χ3n) is 2.12. The molecule has 0 bridgehead atoms. The van der Waals surface area contributed by atoms with Gasteiger partial charge in [-0.3, -0.25) is 4.68 Å². The lowest BCUT2D eigenvalue weighted by Crippen LogP contribution is -2.08. The van der Waals surface area contributed by atoms with E-state index in [1.165, 1.54) is 16.9 Å². The molecular formula is C12H8F3N3. The van der Waals surface area contributed by atoms with Crippen molar-refractivity contribution >= 4 is 0 Å². The summed E-state index contributed by atoms with van der Waals surface area (Å²) < 4.78 is 39.4. The molecule has 6 heteroatoms. The molecule has 0 aromatic carbocycles. The predicted octanol–water partition coefficient (Wildman–Crippen LogP) is 2.35. The molecule has 0 aliphatic heterocycles. The number of pyridine rings is 1. The van der Waals surface area contributed by atoms with Gasteiger partial charge in [0.25, 0.3) is 0 Å². The first-order chi connectivity index (χ1) is 8.57. The summed E-state index contributed by atoms with van der Waals surface area (Å²) in [5, 5.41) is 3.89. The number of hydrogen-bond donors (Lipinski definition) is 0. The molecular weight excluding hydrogens is 243 g/mol.